The van der Waals surface area contributed by atoms with Gasteiger partial charge < -0.3 is 15.4 Å². The summed E-state index contributed by atoms with van der Waals surface area (Å²) in [5.41, 5.74) is 3.89. The third kappa shape index (κ3) is 4.59. The van der Waals surface area contributed by atoms with Gasteiger partial charge in [0.15, 0.2) is 5.65 Å². The fraction of sp³-hybridized carbons (Fsp3) is 0.458. The van der Waals surface area contributed by atoms with Crippen LogP contribution in [-0.2, 0) is 11.3 Å². The Balaban J connectivity index is 1.72. The molecule has 2 N–H and O–H groups in total. The standard InChI is InChI=1S/C24H30ClN5O2/c1-4-20(16-6-8-17(25)9-7-16)29-24(31)21-15(3)27-23-19(14-26-30(23)5-2)22(21)28-18-10-12-32-13-11-18/h6-9,14,18,20H,4-5,10-13H2,1-3H3,(H,27,28)(H,29,31). The predicted molar refractivity (Wildman–Crippen MR) is 127 cm³/mol. The number of carbonyl (C=O) groups is 1. The van der Waals surface area contributed by atoms with Gasteiger partial charge in [0.25, 0.3) is 5.91 Å². The number of halogens is 1. The highest BCUT2D eigenvalue weighted by atomic mass is 35.5. The van der Waals surface area contributed by atoms with Gasteiger partial charge in [-0.15, -0.1) is 0 Å². The second kappa shape index (κ2) is 9.88. The molecular formula is C24H30ClN5O2. The number of nitrogens with zero attached hydrogens (tertiary/aromatic N) is 3. The number of fused-ring (bicyclic) bond motifs is 1. The van der Waals surface area contributed by atoms with Crippen molar-refractivity contribution >= 4 is 34.2 Å². The van der Waals surface area contributed by atoms with E-state index in [1.54, 1.807) is 6.20 Å². The summed E-state index contributed by atoms with van der Waals surface area (Å²) in [6, 6.07) is 7.73. The van der Waals surface area contributed by atoms with Crippen molar-refractivity contribution in [3.05, 3.63) is 52.3 Å². The maximum absolute atomic E-state index is 13.6. The first-order valence-electron chi connectivity index (χ1n) is 11.3. The summed E-state index contributed by atoms with van der Waals surface area (Å²) in [5.74, 6) is -0.141. The highest BCUT2D eigenvalue weighted by Crippen LogP contribution is 2.31. The van der Waals surface area contributed by atoms with Crippen LogP contribution in [0, 0.1) is 6.92 Å². The van der Waals surface area contributed by atoms with Crippen LogP contribution in [0.4, 0.5) is 5.69 Å². The third-order valence-corrected chi connectivity index (χ3v) is 6.30. The van der Waals surface area contributed by atoms with Gasteiger partial charge in [0.1, 0.15) is 0 Å². The van der Waals surface area contributed by atoms with Crippen molar-refractivity contribution < 1.29 is 9.53 Å². The average Bonchev–Trinajstić information content (AvgIpc) is 3.21. The van der Waals surface area contributed by atoms with E-state index >= 15 is 0 Å². The van der Waals surface area contributed by atoms with E-state index in [9.17, 15) is 4.79 Å². The lowest BCUT2D eigenvalue weighted by atomic mass is 10.0. The molecule has 170 valence electrons. The number of rotatable bonds is 7. The van der Waals surface area contributed by atoms with Crippen LogP contribution in [0.5, 0.6) is 0 Å². The van der Waals surface area contributed by atoms with Crippen LogP contribution in [0.25, 0.3) is 11.0 Å². The van der Waals surface area contributed by atoms with Crippen LogP contribution in [0.2, 0.25) is 5.02 Å². The molecule has 32 heavy (non-hydrogen) atoms. The van der Waals surface area contributed by atoms with E-state index in [2.05, 4.69) is 22.7 Å². The molecular weight excluding hydrogens is 426 g/mol. The Hall–Kier alpha value is -2.64. The van der Waals surface area contributed by atoms with Crippen LogP contribution >= 0.6 is 11.6 Å². The number of aromatic nitrogens is 3. The molecule has 1 unspecified atom stereocenters. The van der Waals surface area contributed by atoms with Gasteiger partial charge >= 0.3 is 0 Å². The molecule has 0 saturated carbocycles. The van der Waals surface area contributed by atoms with Gasteiger partial charge in [0.05, 0.1) is 34.6 Å². The van der Waals surface area contributed by atoms with Crippen molar-refractivity contribution in [1.82, 2.24) is 20.1 Å². The Bertz CT molecular complexity index is 1090. The molecule has 1 atom stereocenters. The molecule has 1 aliphatic rings. The lowest BCUT2D eigenvalue weighted by Gasteiger charge is -2.26. The second-order valence-electron chi connectivity index (χ2n) is 8.16. The van der Waals surface area contributed by atoms with Gasteiger partial charge in [0.2, 0.25) is 0 Å². The third-order valence-electron chi connectivity index (χ3n) is 6.05. The first-order valence-corrected chi connectivity index (χ1v) is 11.7. The predicted octanol–water partition coefficient (Wildman–Crippen LogP) is 4.89. The minimum Gasteiger partial charge on any atom is -0.381 e. The highest BCUT2D eigenvalue weighted by Gasteiger charge is 2.25. The minimum absolute atomic E-state index is 0.121. The Labute approximate surface area is 193 Å². The summed E-state index contributed by atoms with van der Waals surface area (Å²) in [6.45, 7) is 8.13. The first-order chi connectivity index (χ1) is 15.5. The van der Waals surface area contributed by atoms with E-state index in [-0.39, 0.29) is 18.0 Å². The summed E-state index contributed by atoms with van der Waals surface area (Å²) >= 11 is 6.04. The highest BCUT2D eigenvalue weighted by molar-refractivity contribution is 6.30. The molecule has 1 aromatic carbocycles. The number of benzene rings is 1. The van der Waals surface area contributed by atoms with E-state index in [0.29, 0.717) is 22.8 Å². The topological polar surface area (TPSA) is 81.1 Å². The zero-order valence-electron chi connectivity index (χ0n) is 18.8. The second-order valence-corrected chi connectivity index (χ2v) is 8.60. The van der Waals surface area contributed by atoms with Gasteiger partial charge in [-0.1, -0.05) is 30.7 Å². The number of pyridine rings is 1. The smallest absolute Gasteiger partial charge is 0.255 e. The van der Waals surface area contributed by atoms with Gasteiger partial charge in [-0.25, -0.2) is 9.67 Å². The van der Waals surface area contributed by atoms with Crippen molar-refractivity contribution in [3.8, 4) is 0 Å². The molecule has 1 saturated heterocycles. The molecule has 2 aromatic heterocycles. The molecule has 0 radical (unpaired) electrons. The van der Waals surface area contributed by atoms with Crippen LogP contribution in [0.1, 0.15) is 60.8 Å². The molecule has 1 aliphatic heterocycles. The number of ether oxygens (including phenoxy) is 1. The summed E-state index contributed by atoms with van der Waals surface area (Å²) in [5, 5.41) is 12.9. The monoisotopic (exact) mass is 455 g/mol. The van der Waals surface area contributed by atoms with Crippen LogP contribution < -0.4 is 10.6 Å². The van der Waals surface area contributed by atoms with E-state index in [4.69, 9.17) is 21.3 Å². The number of carbonyl (C=O) groups excluding carboxylic acids is 1. The molecule has 0 bridgehead atoms. The molecule has 4 rings (SSSR count). The zero-order chi connectivity index (χ0) is 22.7. The molecule has 1 fully saturated rings. The molecule has 8 heteroatoms. The molecule has 3 aromatic rings. The maximum atomic E-state index is 13.6. The molecule has 1 amide bonds. The molecule has 3 heterocycles. The van der Waals surface area contributed by atoms with Crippen LogP contribution in [0.3, 0.4) is 0 Å². The summed E-state index contributed by atoms with van der Waals surface area (Å²) in [6.07, 6.45) is 4.36. The number of nitrogens with one attached hydrogen (secondary N) is 2. The van der Waals surface area contributed by atoms with Crippen molar-refractivity contribution in [2.45, 2.75) is 58.7 Å². The summed E-state index contributed by atoms with van der Waals surface area (Å²) < 4.78 is 7.38. The maximum Gasteiger partial charge on any atom is 0.255 e. The minimum atomic E-state index is -0.141. The lowest BCUT2D eigenvalue weighted by Crippen LogP contribution is -2.32. The van der Waals surface area contributed by atoms with Gasteiger partial charge in [-0.2, -0.15) is 5.10 Å². The van der Waals surface area contributed by atoms with Gasteiger partial charge in [-0.05, 0) is 50.8 Å². The largest absolute Gasteiger partial charge is 0.381 e. The fourth-order valence-electron chi connectivity index (χ4n) is 4.26. The Kier molecular flexibility index (Phi) is 6.96. The van der Waals surface area contributed by atoms with Crippen LogP contribution in [-0.4, -0.2) is 39.9 Å². The van der Waals surface area contributed by atoms with Gasteiger partial charge in [0, 0.05) is 30.8 Å². The van der Waals surface area contributed by atoms with E-state index in [1.807, 2.05) is 42.8 Å². The van der Waals surface area contributed by atoms with Crippen molar-refractivity contribution in [2.75, 3.05) is 18.5 Å². The zero-order valence-corrected chi connectivity index (χ0v) is 19.6. The molecule has 0 spiro atoms. The Morgan fingerprint density at radius 2 is 1.97 bits per heavy atom. The van der Waals surface area contributed by atoms with Crippen molar-refractivity contribution in [1.29, 1.82) is 0 Å². The SMILES string of the molecule is CCC(NC(=O)c1c(C)nc2c(cnn2CC)c1NC1CCOCC1)c1ccc(Cl)cc1. The molecule has 7 nitrogen and oxygen atoms in total. The fourth-order valence-corrected chi connectivity index (χ4v) is 4.38. The lowest BCUT2D eigenvalue weighted by molar-refractivity contribution is 0.0903. The van der Waals surface area contributed by atoms with E-state index in [0.717, 1.165) is 54.8 Å². The van der Waals surface area contributed by atoms with Crippen molar-refractivity contribution in [3.63, 3.8) is 0 Å². The summed E-state index contributed by atoms with van der Waals surface area (Å²) in [4.78, 5) is 18.3. The number of amides is 1. The Morgan fingerprint density at radius 1 is 1.25 bits per heavy atom. The quantitative estimate of drug-likeness (QED) is 0.530. The number of hydrogen-bond acceptors (Lipinski definition) is 5. The number of aryl methyl sites for hydroxylation is 2. The average molecular weight is 456 g/mol. The summed E-state index contributed by atoms with van der Waals surface area (Å²) in [7, 11) is 0. The van der Waals surface area contributed by atoms with E-state index in [1.165, 1.54) is 0 Å². The normalized spacial score (nSPS) is 15.6. The number of anilines is 1. The first kappa shape index (κ1) is 22.6. The van der Waals surface area contributed by atoms with Crippen LogP contribution in [0.15, 0.2) is 30.5 Å². The van der Waals surface area contributed by atoms with Crippen molar-refractivity contribution in [2.24, 2.45) is 0 Å². The Morgan fingerprint density at radius 3 is 2.62 bits per heavy atom. The molecule has 0 aliphatic carbocycles. The number of hydrogen-bond donors (Lipinski definition) is 2. The van der Waals surface area contributed by atoms with E-state index < -0.39 is 0 Å². The van der Waals surface area contributed by atoms with Gasteiger partial charge in [-0.3, -0.25) is 4.79 Å².